The maximum Gasteiger partial charge on any atom is 0.298 e. The Morgan fingerprint density at radius 3 is 2.56 bits per heavy atom. The van der Waals surface area contributed by atoms with Crippen LogP contribution in [0.1, 0.15) is 31.9 Å². The Morgan fingerprint density at radius 2 is 2.00 bits per heavy atom. The highest BCUT2D eigenvalue weighted by molar-refractivity contribution is 7.87. The monoisotopic (exact) mass is 238 g/mol. The number of rotatable bonds is 1. The molecule has 1 aromatic carbocycles. The Kier molecular flexibility index (Phi) is 2.26. The Balaban J connectivity index is 2.87. The van der Waals surface area contributed by atoms with Gasteiger partial charge < -0.3 is 0 Å². The second-order valence-corrected chi connectivity index (χ2v) is 5.99. The molecule has 0 amide bonds. The molecule has 1 aliphatic rings. The zero-order chi connectivity index (χ0) is 12.1. The van der Waals surface area contributed by atoms with Crippen molar-refractivity contribution in [3.05, 3.63) is 35.9 Å². The molecule has 0 unspecified atom stereocenters. The van der Waals surface area contributed by atoms with Gasteiger partial charge in [-0.05, 0) is 31.9 Å². The van der Waals surface area contributed by atoms with Crippen LogP contribution >= 0.6 is 0 Å². The molecule has 0 aromatic heterocycles. The van der Waals surface area contributed by atoms with Crippen LogP contribution in [0.15, 0.2) is 29.7 Å². The second kappa shape index (κ2) is 3.18. The van der Waals surface area contributed by atoms with E-state index in [1.165, 1.54) is 0 Å². The summed E-state index contributed by atoms with van der Waals surface area (Å²) < 4.78 is 29.0. The minimum Gasteiger partial charge on any atom is -0.255 e. The summed E-state index contributed by atoms with van der Waals surface area (Å²) in [4.78, 5) is 0.271. The summed E-state index contributed by atoms with van der Waals surface area (Å²) >= 11 is 0. The zero-order valence-electron chi connectivity index (χ0n) is 9.57. The molecular weight excluding hydrogens is 224 g/mol. The Labute approximate surface area is 95.9 Å². The molecule has 0 atom stereocenters. The van der Waals surface area contributed by atoms with Crippen molar-refractivity contribution in [2.45, 2.75) is 31.3 Å². The molecule has 1 aromatic rings. The van der Waals surface area contributed by atoms with Crippen molar-refractivity contribution in [1.82, 2.24) is 0 Å². The summed E-state index contributed by atoms with van der Waals surface area (Å²) in [6, 6.07) is 5.37. The average Bonchev–Trinajstić information content (AvgIpc) is 2.33. The highest BCUT2D eigenvalue weighted by atomic mass is 32.2. The summed E-state index contributed by atoms with van der Waals surface area (Å²) in [7, 11) is -3.65. The third-order valence-electron chi connectivity index (χ3n) is 2.69. The molecule has 16 heavy (non-hydrogen) atoms. The molecule has 3 nitrogen and oxygen atoms in total. The van der Waals surface area contributed by atoms with Crippen molar-refractivity contribution in [2.75, 3.05) is 0 Å². The number of hydrogen-bond donors (Lipinski definition) is 0. The minimum absolute atomic E-state index is 0.271. The van der Waals surface area contributed by atoms with E-state index < -0.39 is 15.7 Å². The third-order valence-corrected chi connectivity index (χ3v) is 4.27. The second-order valence-electron chi connectivity index (χ2n) is 4.51. The van der Waals surface area contributed by atoms with E-state index >= 15 is 0 Å². The average molecular weight is 238 g/mol. The highest BCUT2D eigenvalue weighted by Gasteiger charge is 2.43. The first-order chi connectivity index (χ1) is 7.26. The van der Waals surface area contributed by atoms with Gasteiger partial charge in [-0.15, -0.1) is 0 Å². The summed E-state index contributed by atoms with van der Waals surface area (Å²) in [5.41, 5.74) is 1.28. The van der Waals surface area contributed by atoms with E-state index in [2.05, 4.69) is 6.58 Å². The molecule has 0 fully saturated rings. The van der Waals surface area contributed by atoms with Crippen LogP contribution in [0.5, 0.6) is 0 Å². The van der Waals surface area contributed by atoms with Crippen molar-refractivity contribution in [3.63, 3.8) is 0 Å². The van der Waals surface area contributed by atoms with Gasteiger partial charge in [0.05, 0.1) is 0 Å². The standard InChI is InChI=1S/C12H14O3S/c1-8(2)9-6-5-7-10-11(9)16(13,14)15-12(10,3)4/h5-7H,1H2,2-4H3. The molecule has 0 N–H and O–H groups in total. The maximum absolute atomic E-state index is 11.9. The van der Waals surface area contributed by atoms with Gasteiger partial charge in [0.2, 0.25) is 0 Å². The van der Waals surface area contributed by atoms with Crippen LogP contribution in [0.25, 0.3) is 5.57 Å². The first kappa shape index (κ1) is 11.4. The molecule has 0 spiro atoms. The van der Waals surface area contributed by atoms with Gasteiger partial charge in [0, 0.05) is 5.56 Å². The first-order valence-electron chi connectivity index (χ1n) is 5.01. The number of hydrogen-bond acceptors (Lipinski definition) is 3. The van der Waals surface area contributed by atoms with E-state index in [0.29, 0.717) is 11.1 Å². The van der Waals surface area contributed by atoms with Gasteiger partial charge in [-0.25, -0.2) is 0 Å². The quantitative estimate of drug-likeness (QED) is 0.706. The lowest BCUT2D eigenvalue weighted by atomic mass is 9.95. The first-order valence-corrected chi connectivity index (χ1v) is 6.41. The fourth-order valence-electron chi connectivity index (χ4n) is 1.98. The van der Waals surface area contributed by atoms with E-state index in [1.807, 2.05) is 6.07 Å². The van der Waals surface area contributed by atoms with Crippen LogP contribution in [-0.4, -0.2) is 8.42 Å². The van der Waals surface area contributed by atoms with Gasteiger partial charge in [0.1, 0.15) is 10.5 Å². The van der Waals surface area contributed by atoms with Gasteiger partial charge in [-0.1, -0.05) is 24.8 Å². The van der Waals surface area contributed by atoms with Gasteiger partial charge in [0.25, 0.3) is 10.1 Å². The van der Waals surface area contributed by atoms with Crippen molar-refractivity contribution in [2.24, 2.45) is 0 Å². The SMILES string of the molecule is C=C(C)c1cccc2c1S(=O)(=O)OC2(C)C. The molecule has 0 bridgehead atoms. The largest absolute Gasteiger partial charge is 0.298 e. The molecule has 86 valence electrons. The van der Waals surface area contributed by atoms with Crippen LogP contribution in [0.3, 0.4) is 0 Å². The molecule has 0 aliphatic carbocycles. The van der Waals surface area contributed by atoms with Crippen LogP contribution in [0.4, 0.5) is 0 Å². The Bertz CT molecular complexity index is 568. The lowest BCUT2D eigenvalue weighted by Gasteiger charge is -2.15. The zero-order valence-corrected chi connectivity index (χ0v) is 10.4. The van der Waals surface area contributed by atoms with Crippen LogP contribution in [-0.2, 0) is 19.9 Å². The van der Waals surface area contributed by atoms with E-state index in [1.54, 1.807) is 32.9 Å². The van der Waals surface area contributed by atoms with E-state index in [4.69, 9.17) is 4.18 Å². The molecule has 1 heterocycles. The highest BCUT2D eigenvalue weighted by Crippen LogP contribution is 2.43. The van der Waals surface area contributed by atoms with Crippen molar-refractivity contribution in [1.29, 1.82) is 0 Å². The Hall–Kier alpha value is -1.13. The third kappa shape index (κ3) is 1.49. The molecule has 0 saturated heterocycles. The summed E-state index contributed by atoms with van der Waals surface area (Å²) in [6.07, 6.45) is 0. The van der Waals surface area contributed by atoms with Crippen LogP contribution < -0.4 is 0 Å². The molecule has 0 saturated carbocycles. The van der Waals surface area contributed by atoms with Gasteiger partial charge in [-0.2, -0.15) is 8.42 Å². The van der Waals surface area contributed by atoms with E-state index in [0.717, 1.165) is 5.57 Å². The molecule has 2 rings (SSSR count). The fraction of sp³-hybridized carbons (Fsp3) is 0.333. The summed E-state index contributed by atoms with van der Waals surface area (Å²) in [6.45, 7) is 9.08. The fourth-order valence-corrected chi connectivity index (χ4v) is 3.79. The maximum atomic E-state index is 11.9. The smallest absolute Gasteiger partial charge is 0.255 e. The number of benzene rings is 1. The minimum atomic E-state index is -3.65. The normalized spacial score (nSPS) is 20.4. The van der Waals surface area contributed by atoms with Crippen molar-refractivity contribution < 1.29 is 12.6 Å². The lowest BCUT2D eigenvalue weighted by molar-refractivity contribution is 0.132. The summed E-state index contributed by atoms with van der Waals surface area (Å²) in [5.74, 6) is 0. The molecular formula is C12H14O3S. The van der Waals surface area contributed by atoms with Crippen molar-refractivity contribution in [3.8, 4) is 0 Å². The van der Waals surface area contributed by atoms with Gasteiger partial charge in [-0.3, -0.25) is 4.18 Å². The summed E-state index contributed by atoms with van der Waals surface area (Å²) in [5, 5.41) is 0. The van der Waals surface area contributed by atoms with E-state index in [-0.39, 0.29) is 4.90 Å². The number of allylic oxidation sites excluding steroid dienone is 1. The van der Waals surface area contributed by atoms with Crippen LogP contribution in [0, 0.1) is 0 Å². The Morgan fingerprint density at radius 1 is 1.38 bits per heavy atom. The van der Waals surface area contributed by atoms with Crippen molar-refractivity contribution >= 4 is 15.7 Å². The predicted octanol–water partition coefficient (Wildman–Crippen LogP) is 2.67. The van der Waals surface area contributed by atoms with E-state index in [9.17, 15) is 8.42 Å². The van der Waals surface area contributed by atoms with Gasteiger partial charge >= 0.3 is 0 Å². The molecule has 1 aliphatic heterocycles. The molecule has 4 heteroatoms. The topological polar surface area (TPSA) is 43.4 Å². The lowest BCUT2D eigenvalue weighted by Crippen LogP contribution is -2.16. The van der Waals surface area contributed by atoms with Crippen LogP contribution in [0.2, 0.25) is 0 Å². The molecule has 0 radical (unpaired) electrons. The van der Waals surface area contributed by atoms with Gasteiger partial charge in [0.15, 0.2) is 0 Å². The number of fused-ring (bicyclic) bond motifs is 1. The predicted molar refractivity (Wildman–Crippen MR) is 62.4 cm³/mol.